The third kappa shape index (κ3) is 2.96. The van der Waals surface area contributed by atoms with Crippen molar-refractivity contribution in [2.45, 2.75) is 20.4 Å². The molecule has 0 bridgehead atoms. The Morgan fingerprint density at radius 2 is 1.86 bits per heavy atom. The summed E-state index contributed by atoms with van der Waals surface area (Å²) in [6.45, 7) is 6.10. The summed E-state index contributed by atoms with van der Waals surface area (Å²) in [6.07, 6.45) is 0. The zero-order valence-electron chi connectivity index (χ0n) is 12.6. The highest BCUT2D eigenvalue weighted by Gasteiger charge is 2.07. The first-order valence-electron chi connectivity index (χ1n) is 7.44. The van der Waals surface area contributed by atoms with Gasteiger partial charge < -0.3 is 5.32 Å². The predicted octanol–water partition coefficient (Wildman–Crippen LogP) is 4.32. The van der Waals surface area contributed by atoms with Crippen LogP contribution >= 0.6 is 0 Å². The molecule has 106 valence electrons. The second kappa shape index (κ2) is 6.06. The molecule has 0 atom stereocenters. The van der Waals surface area contributed by atoms with E-state index in [1.807, 2.05) is 12.1 Å². The van der Waals surface area contributed by atoms with E-state index in [1.54, 1.807) is 0 Å². The maximum atomic E-state index is 4.83. The Morgan fingerprint density at radius 3 is 2.71 bits per heavy atom. The molecule has 2 nitrogen and oxygen atoms in total. The molecule has 2 aromatic carbocycles. The molecule has 2 heteroatoms. The number of para-hydroxylation sites is 1. The van der Waals surface area contributed by atoms with E-state index in [1.165, 1.54) is 22.1 Å². The van der Waals surface area contributed by atoms with Crippen LogP contribution in [0.3, 0.4) is 0 Å². The number of aromatic nitrogens is 1. The Balaban J connectivity index is 2.09. The van der Waals surface area contributed by atoms with Crippen LogP contribution in [0.1, 0.15) is 18.1 Å². The van der Waals surface area contributed by atoms with Gasteiger partial charge in [0.05, 0.1) is 11.2 Å². The smallest absolute Gasteiger partial charge is 0.0713 e. The van der Waals surface area contributed by atoms with Gasteiger partial charge in [0.1, 0.15) is 0 Å². The lowest BCUT2D eigenvalue weighted by atomic mass is 10.0. The van der Waals surface area contributed by atoms with Crippen molar-refractivity contribution in [2.24, 2.45) is 0 Å². The van der Waals surface area contributed by atoms with Crippen LogP contribution in [0.25, 0.3) is 22.2 Å². The van der Waals surface area contributed by atoms with Crippen molar-refractivity contribution in [3.8, 4) is 11.3 Å². The summed E-state index contributed by atoms with van der Waals surface area (Å²) in [5.41, 5.74) is 5.88. The Kier molecular flexibility index (Phi) is 3.98. The molecule has 0 saturated heterocycles. The van der Waals surface area contributed by atoms with Crippen LogP contribution in [0.4, 0.5) is 0 Å². The van der Waals surface area contributed by atoms with Crippen LogP contribution in [0.5, 0.6) is 0 Å². The second-order valence-electron chi connectivity index (χ2n) is 5.33. The van der Waals surface area contributed by atoms with E-state index in [0.717, 1.165) is 24.3 Å². The number of fused-ring (bicyclic) bond motifs is 1. The summed E-state index contributed by atoms with van der Waals surface area (Å²) in [7, 11) is 0. The van der Waals surface area contributed by atoms with Gasteiger partial charge >= 0.3 is 0 Å². The van der Waals surface area contributed by atoms with E-state index in [0.29, 0.717) is 0 Å². The normalized spacial score (nSPS) is 11.0. The molecule has 0 aliphatic heterocycles. The maximum absolute atomic E-state index is 4.83. The third-order valence-electron chi connectivity index (χ3n) is 3.71. The molecular formula is C19H20N2. The van der Waals surface area contributed by atoms with Gasteiger partial charge in [0.25, 0.3) is 0 Å². The maximum Gasteiger partial charge on any atom is 0.0713 e. The fourth-order valence-electron chi connectivity index (χ4n) is 2.56. The Morgan fingerprint density at radius 1 is 1.00 bits per heavy atom. The highest BCUT2D eigenvalue weighted by Crippen LogP contribution is 2.25. The summed E-state index contributed by atoms with van der Waals surface area (Å²) in [6, 6.07) is 19.1. The molecule has 1 N–H and O–H groups in total. The van der Waals surface area contributed by atoms with Gasteiger partial charge in [0.15, 0.2) is 0 Å². The zero-order chi connectivity index (χ0) is 14.7. The summed E-state index contributed by atoms with van der Waals surface area (Å²) < 4.78 is 0. The molecule has 3 rings (SSSR count). The number of nitrogens with zero attached hydrogens (tertiary/aromatic N) is 1. The zero-order valence-corrected chi connectivity index (χ0v) is 12.6. The lowest BCUT2D eigenvalue weighted by molar-refractivity contribution is 0.727. The van der Waals surface area contributed by atoms with Crippen molar-refractivity contribution in [3.63, 3.8) is 0 Å². The number of hydrogen-bond acceptors (Lipinski definition) is 2. The number of nitrogens with one attached hydrogen (secondary N) is 1. The van der Waals surface area contributed by atoms with Crippen molar-refractivity contribution in [1.82, 2.24) is 10.3 Å². The van der Waals surface area contributed by atoms with Crippen LogP contribution < -0.4 is 5.32 Å². The van der Waals surface area contributed by atoms with Gasteiger partial charge in [-0.05, 0) is 37.2 Å². The van der Waals surface area contributed by atoms with Gasteiger partial charge in [-0.15, -0.1) is 0 Å². The standard InChI is InChI=1S/C19H20N2/c1-3-20-13-16-9-8-14(2)12-17(16)19-11-10-15-6-4-5-7-18(15)21-19/h4-12,20H,3,13H2,1-2H3. The van der Waals surface area contributed by atoms with E-state index in [9.17, 15) is 0 Å². The number of rotatable bonds is 4. The first kappa shape index (κ1) is 13.8. The molecule has 0 spiro atoms. The highest BCUT2D eigenvalue weighted by molar-refractivity contribution is 5.82. The monoisotopic (exact) mass is 276 g/mol. The quantitative estimate of drug-likeness (QED) is 0.767. The van der Waals surface area contributed by atoms with Crippen LogP contribution in [0.15, 0.2) is 54.6 Å². The third-order valence-corrected chi connectivity index (χ3v) is 3.71. The van der Waals surface area contributed by atoms with Gasteiger partial charge in [-0.1, -0.05) is 48.9 Å². The lowest BCUT2D eigenvalue weighted by Crippen LogP contribution is -2.12. The molecule has 0 aliphatic carbocycles. The summed E-state index contributed by atoms with van der Waals surface area (Å²) >= 11 is 0. The first-order valence-corrected chi connectivity index (χ1v) is 7.44. The molecule has 0 saturated carbocycles. The van der Waals surface area contributed by atoms with E-state index < -0.39 is 0 Å². The second-order valence-corrected chi connectivity index (χ2v) is 5.33. The van der Waals surface area contributed by atoms with Gasteiger partial charge in [0.2, 0.25) is 0 Å². The Bertz CT molecular complexity index is 762. The van der Waals surface area contributed by atoms with Crippen molar-refractivity contribution >= 4 is 10.9 Å². The van der Waals surface area contributed by atoms with Crippen molar-refractivity contribution in [2.75, 3.05) is 6.54 Å². The number of pyridine rings is 1. The Labute approximate surface area is 125 Å². The molecule has 1 aromatic heterocycles. The van der Waals surface area contributed by atoms with Crippen molar-refractivity contribution < 1.29 is 0 Å². The fourth-order valence-corrected chi connectivity index (χ4v) is 2.56. The topological polar surface area (TPSA) is 24.9 Å². The van der Waals surface area contributed by atoms with E-state index in [2.05, 4.69) is 61.6 Å². The molecular weight excluding hydrogens is 256 g/mol. The van der Waals surface area contributed by atoms with Crippen LogP contribution in [-0.2, 0) is 6.54 Å². The summed E-state index contributed by atoms with van der Waals surface area (Å²) in [4.78, 5) is 4.83. The largest absolute Gasteiger partial charge is 0.313 e. The highest BCUT2D eigenvalue weighted by atomic mass is 14.8. The predicted molar refractivity (Wildman–Crippen MR) is 89.3 cm³/mol. The molecule has 21 heavy (non-hydrogen) atoms. The molecule has 0 amide bonds. The van der Waals surface area contributed by atoms with Crippen LogP contribution in [0, 0.1) is 6.92 Å². The molecule has 0 unspecified atom stereocenters. The molecule has 1 heterocycles. The van der Waals surface area contributed by atoms with E-state index in [4.69, 9.17) is 4.98 Å². The molecule has 0 aliphatic rings. The minimum absolute atomic E-state index is 0.876. The molecule has 0 fully saturated rings. The average molecular weight is 276 g/mol. The Hall–Kier alpha value is -2.19. The number of benzene rings is 2. The van der Waals surface area contributed by atoms with Gasteiger partial charge in [-0.3, -0.25) is 0 Å². The molecule has 3 aromatic rings. The van der Waals surface area contributed by atoms with Gasteiger partial charge in [-0.25, -0.2) is 4.98 Å². The van der Waals surface area contributed by atoms with Gasteiger partial charge in [-0.2, -0.15) is 0 Å². The minimum atomic E-state index is 0.876. The van der Waals surface area contributed by atoms with E-state index >= 15 is 0 Å². The fraction of sp³-hybridized carbons (Fsp3) is 0.211. The van der Waals surface area contributed by atoms with Gasteiger partial charge in [0, 0.05) is 17.5 Å². The SMILES string of the molecule is CCNCc1ccc(C)cc1-c1ccc2ccccc2n1. The first-order chi connectivity index (χ1) is 10.3. The number of hydrogen-bond donors (Lipinski definition) is 1. The van der Waals surface area contributed by atoms with Crippen LogP contribution in [-0.4, -0.2) is 11.5 Å². The summed E-state index contributed by atoms with van der Waals surface area (Å²) in [5, 5.41) is 4.59. The van der Waals surface area contributed by atoms with Crippen LogP contribution in [0.2, 0.25) is 0 Å². The average Bonchev–Trinajstić information content (AvgIpc) is 2.53. The minimum Gasteiger partial charge on any atom is -0.313 e. The lowest BCUT2D eigenvalue weighted by Gasteiger charge is -2.11. The van der Waals surface area contributed by atoms with Crippen molar-refractivity contribution in [3.05, 3.63) is 65.7 Å². The number of aryl methyl sites for hydroxylation is 1. The van der Waals surface area contributed by atoms with Crippen molar-refractivity contribution in [1.29, 1.82) is 0 Å². The van der Waals surface area contributed by atoms with E-state index in [-0.39, 0.29) is 0 Å². The molecule has 0 radical (unpaired) electrons. The summed E-state index contributed by atoms with van der Waals surface area (Å²) in [5.74, 6) is 0.